The predicted molar refractivity (Wildman–Crippen MR) is 46.2 cm³/mol. The van der Waals surface area contributed by atoms with E-state index in [-0.39, 0.29) is 11.3 Å². The van der Waals surface area contributed by atoms with E-state index in [0.29, 0.717) is 5.56 Å². The standard InChI is InChI=1S/C9H10FNO2/c1-5-3-6(9(13)11-2)7(10)4-8(5)12/h3-4,12H,1-2H3,(H,11,13). The lowest BCUT2D eigenvalue weighted by Gasteiger charge is -2.04. The lowest BCUT2D eigenvalue weighted by atomic mass is 10.1. The lowest BCUT2D eigenvalue weighted by Crippen LogP contribution is -2.19. The Balaban J connectivity index is 3.23. The van der Waals surface area contributed by atoms with Gasteiger partial charge in [-0.2, -0.15) is 0 Å². The average Bonchev–Trinajstić information content (AvgIpc) is 2.10. The summed E-state index contributed by atoms with van der Waals surface area (Å²) in [4.78, 5) is 11.1. The zero-order valence-corrected chi connectivity index (χ0v) is 7.39. The van der Waals surface area contributed by atoms with Gasteiger partial charge in [-0.15, -0.1) is 0 Å². The normalized spacial score (nSPS) is 9.77. The maximum atomic E-state index is 13.0. The third-order valence-electron chi connectivity index (χ3n) is 1.76. The fourth-order valence-corrected chi connectivity index (χ4v) is 0.980. The Morgan fingerprint density at radius 1 is 1.54 bits per heavy atom. The van der Waals surface area contributed by atoms with E-state index >= 15 is 0 Å². The molecule has 0 unspecified atom stereocenters. The minimum absolute atomic E-state index is 0.0576. The molecule has 0 aliphatic heterocycles. The van der Waals surface area contributed by atoms with Crippen LogP contribution in [0.3, 0.4) is 0 Å². The molecular weight excluding hydrogens is 173 g/mol. The van der Waals surface area contributed by atoms with Crippen molar-refractivity contribution < 1.29 is 14.3 Å². The third-order valence-corrected chi connectivity index (χ3v) is 1.76. The van der Waals surface area contributed by atoms with Gasteiger partial charge in [-0.25, -0.2) is 4.39 Å². The number of aryl methyl sites for hydroxylation is 1. The van der Waals surface area contributed by atoms with Crippen molar-refractivity contribution in [3.05, 3.63) is 29.1 Å². The first-order valence-electron chi connectivity index (χ1n) is 3.77. The molecule has 3 nitrogen and oxygen atoms in total. The zero-order valence-electron chi connectivity index (χ0n) is 7.39. The highest BCUT2D eigenvalue weighted by atomic mass is 19.1. The number of halogens is 1. The number of aromatic hydroxyl groups is 1. The largest absolute Gasteiger partial charge is 0.508 e. The molecule has 0 aliphatic carbocycles. The molecule has 0 aromatic heterocycles. The molecule has 0 aliphatic rings. The molecule has 0 spiro atoms. The summed E-state index contributed by atoms with van der Waals surface area (Å²) in [7, 11) is 1.42. The van der Waals surface area contributed by atoms with Gasteiger partial charge in [-0.05, 0) is 18.6 Å². The van der Waals surface area contributed by atoms with Gasteiger partial charge in [0.25, 0.3) is 5.91 Å². The molecule has 1 aromatic carbocycles. The summed E-state index contributed by atoms with van der Waals surface area (Å²) >= 11 is 0. The van der Waals surface area contributed by atoms with E-state index in [1.807, 2.05) is 0 Å². The molecule has 0 radical (unpaired) electrons. The zero-order chi connectivity index (χ0) is 10.0. The molecule has 13 heavy (non-hydrogen) atoms. The van der Waals surface area contributed by atoms with Crippen LogP contribution in [0.25, 0.3) is 0 Å². The molecule has 1 aromatic rings. The average molecular weight is 183 g/mol. The van der Waals surface area contributed by atoms with E-state index in [2.05, 4.69) is 5.32 Å². The fraction of sp³-hybridized carbons (Fsp3) is 0.222. The van der Waals surface area contributed by atoms with Crippen molar-refractivity contribution in [2.45, 2.75) is 6.92 Å². The molecule has 0 bridgehead atoms. The second kappa shape index (κ2) is 3.43. The summed E-state index contributed by atoms with van der Waals surface area (Å²) in [5.41, 5.74) is 0.415. The van der Waals surface area contributed by atoms with Crippen LogP contribution in [0.4, 0.5) is 4.39 Å². The van der Waals surface area contributed by atoms with Crippen molar-refractivity contribution >= 4 is 5.91 Å². The van der Waals surface area contributed by atoms with Crippen LogP contribution in [-0.2, 0) is 0 Å². The third kappa shape index (κ3) is 1.77. The highest BCUT2D eigenvalue weighted by molar-refractivity contribution is 5.94. The molecule has 70 valence electrons. The second-order valence-electron chi connectivity index (χ2n) is 2.70. The van der Waals surface area contributed by atoms with E-state index in [1.165, 1.54) is 13.1 Å². The first kappa shape index (κ1) is 9.51. The quantitative estimate of drug-likeness (QED) is 0.687. The van der Waals surface area contributed by atoms with E-state index in [0.717, 1.165) is 6.07 Å². The number of amides is 1. The summed E-state index contributed by atoms with van der Waals surface area (Å²) in [6.45, 7) is 1.60. The van der Waals surface area contributed by atoms with Gasteiger partial charge in [-0.1, -0.05) is 0 Å². The Bertz CT molecular complexity index is 350. The van der Waals surface area contributed by atoms with Gasteiger partial charge < -0.3 is 10.4 Å². The molecule has 2 N–H and O–H groups in total. The van der Waals surface area contributed by atoms with Crippen LogP contribution in [-0.4, -0.2) is 18.1 Å². The molecule has 0 saturated heterocycles. The number of carbonyl (C=O) groups excluding carboxylic acids is 1. The van der Waals surface area contributed by atoms with E-state index in [1.54, 1.807) is 6.92 Å². The minimum Gasteiger partial charge on any atom is -0.508 e. The van der Waals surface area contributed by atoms with Crippen molar-refractivity contribution in [2.75, 3.05) is 7.05 Å². The Morgan fingerprint density at radius 2 is 2.15 bits per heavy atom. The van der Waals surface area contributed by atoms with Gasteiger partial charge in [0.05, 0.1) is 5.56 Å². The highest BCUT2D eigenvalue weighted by Crippen LogP contribution is 2.20. The SMILES string of the molecule is CNC(=O)c1cc(C)c(O)cc1F. The topological polar surface area (TPSA) is 49.3 Å². The minimum atomic E-state index is -0.720. The summed E-state index contributed by atoms with van der Waals surface area (Å²) in [5, 5.41) is 11.4. The van der Waals surface area contributed by atoms with Gasteiger partial charge in [-0.3, -0.25) is 4.79 Å². The van der Waals surface area contributed by atoms with Crippen LogP contribution in [0.15, 0.2) is 12.1 Å². The van der Waals surface area contributed by atoms with E-state index < -0.39 is 11.7 Å². The van der Waals surface area contributed by atoms with Gasteiger partial charge in [0.2, 0.25) is 0 Å². The van der Waals surface area contributed by atoms with Crippen LogP contribution in [0.5, 0.6) is 5.75 Å². The molecule has 0 saturated carbocycles. The van der Waals surface area contributed by atoms with Crippen molar-refractivity contribution in [2.24, 2.45) is 0 Å². The van der Waals surface area contributed by atoms with E-state index in [4.69, 9.17) is 5.11 Å². The van der Waals surface area contributed by atoms with Gasteiger partial charge >= 0.3 is 0 Å². The van der Waals surface area contributed by atoms with Gasteiger partial charge in [0, 0.05) is 13.1 Å². The molecule has 0 heterocycles. The van der Waals surface area contributed by atoms with Crippen LogP contribution < -0.4 is 5.32 Å². The van der Waals surface area contributed by atoms with Crippen molar-refractivity contribution in [3.63, 3.8) is 0 Å². The summed E-state index contributed by atoms with van der Waals surface area (Å²) in [6, 6.07) is 2.24. The Kier molecular flexibility index (Phi) is 2.51. The molecule has 1 amide bonds. The summed E-state index contributed by atoms with van der Waals surface area (Å²) in [5.74, 6) is -1.37. The maximum absolute atomic E-state index is 13.0. The highest BCUT2D eigenvalue weighted by Gasteiger charge is 2.12. The van der Waals surface area contributed by atoms with Crippen LogP contribution in [0.1, 0.15) is 15.9 Å². The summed E-state index contributed by atoms with van der Waals surface area (Å²) in [6.07, 6.45) is 0. The lowest BCUT2D eigenvalue weighted by molar-refractivity contribution is 0.0959. The van der Waals surface area contributed by atoms with Gasteiger partial charge in [0.1, 0.15) is 11.6 Å². The predicted octanol–water partition coefficient (Wildman–Crippen LogP) is 1.20. The van der Waals surface area contributed by atoms with E-state index in [9.17, 15) is 9.18 Å². The smallest absolute Gasteiger partial charge is 0.254 e. The Labute approximate surface area is 75.2 Å². The number of nitrogens with one attached hydrogen (secondary N) is 1. The molecular formula is C9H10FNO2. The summed E-state index contributed by atoms with van der Waals surface area (Å²) < 4.78 is 13.0. The van der Waals surface area contributed by atoms with Crippen LogP contribution >= 0.6 is 0 Å². The number of benzene rings is 1. The molecule has 0 atom stereocenters. The Morgan fingerprint density at radius 3 is 2.69 bits per heavy atom. The molecule has 1 rings (SSSR count). The monoisotopic (exact) mass is 183 g/mol. The van der Waals surface area contributed by atoms with Crippen molar-refractivity contribution in [1.82, 2.24) is 5.32 Å². The van der Waals surface area contributed by atoms with Crippen LogP contribution in [0.2, 0.25) is 0 Å². The number of carbonyl (C=O) groups is 1. The Hall–Kier alpha value is -1.58. The first-order valence-corrected chi connectivity index (χ1v) is 3.77. The first-order chi connectivity index (χ1) is 6.06. The van der Waals surface area contributed by atoms with Crippen LogP contribution in [0, 0.1) is 12.7 Å². The second-order valence-corrected chi connectivity index (χ2v) is 2.70. The van der Waals surface area contributed by atoms with Gasteiger partial charge in [0.15, 0.2) is 0 Å². The number of rotatable bonds is 1. The number of phenolic OH excluding ortho intramolecular Hbond substituents is 1. The number of phenols is 1. The molecule has 0 fully saturated rings. The fourth-order valence-electron chi connectivity index (χ4n) is 0.980. The molecule has 4 heteroatoms. The maximum Gasteiger partial charge on any atom is 0.254 e. The number of hydrogen-bond acceptors (Lipinski definition) is 2. The van der Waals surface area contributed by atoms with Crippen molar-refractivity contribution in [1.29, 1.82) is 0 Å². The van der Waals surface area contributed by atoms with Crippen molar-refractivity contribution in [3.8, 4) is 5.75 Å². The number of hydrogen-bond donors (Lipinski definition) is 2.